The molecule has 2 heterocycles. The molecule has 0 saturated carbocycles. The van der Waals surface area contributed by atoms with Crippen molar-refractivity contribution in [3.8, 4) is 0 Å². The Hall–Kier alpha value is -1.20. The molecule has 1 saturated heterocycles. The van der Waals surface area contributed by atoms with E-state index in [4.69, 9.17) is 9.47 Å². The van der Waals surface area contributed by atoms with Crippen LogP contribution in [-0.2, 0) is 19.1 Å². The number of hydrogen-bond acceptors (Lipinski definition) is 4. The van der Waals surface area contributed by atoms with Gasteiger partial charge in [-0.2, -0.15) is 0 Å². The molecular weight excluding hydrogens is 258 g/mol. The van der Waals surface area contributed by atoms with Crippen molar-refractivity contribution in [1.82, 2.24) is 5.32 Å². The second-order valence-electron chi connectivity index (χ2n) is 6.36. The fourth-order valence-electron chi connectivity index (χ4n) is 2.75. The molecule has 1 amide bonds. The van der Waals surface area contributed by atoms with Crippen molar-refractivity contribution in [2.75, 3.05) is 13.2 Å². The van der Waals surface area contributed by atoms with E-state index in [2.05, 4.69) is 5.32 Å². The van der Waals surface area contributed by atoms with Gasteiger partial charge < -0.3 is 14.8 Å². The third-order valence-electron chi connectivity index (χ3n) is 3.61. The van der Waals surface area contributed by atoms with Crippen LogP contribution < -0.4 is 5.32 Å². The van der Waals surface area contributed by atoms with E-state index in [0.717, 1.165) is 0 Å². The molecule has 1 fully saturated rings. The minimum absolute atomic E-state index is 0.00735. The van der Waals surface area contributed by atoms with Gasteiger partial charge in [-0.3, -0.25) is 9.59 Å². The van der Waals surface area contributed by atoms with Crippen LogP contribution in [-0.4, -0.2) is 42.7 Å². The number of fused-ring (bicyclic) bond motifs is 2. The lowest BCUT2D eigenvalue weighted by molar-refractivity contribution is -0.132. The number of nitrogens with one attached hydrogen (secondary N) is 1. The SMILES string of the molecule is CC(=O)[C@@H]1C2C=CC(O2)[C@@H]1C(=O)NCCOC(C)(C)C. The smallest absolute Gasteiger partial charge is 0.227 e. The van der Waals surface area contributed by atoms with Crippen LogP contribution in [0.1, 0.15) is 27.7 Å². The van der Waals surface area contributed by atoms with E-state index in [0.29, 0.717) is 13.2 Å². The van der Waals surface area contributed by atoms with Gasteiger partial charge in [-0.1, -0.05) is 12.2 Å². The van der Waals surface area contributed by atoms with Gasteiger partial charge in [0, 0.05) is 6.54 Å². The number of ketones is 1. The highest BCUT2D eigenvalue weighted by atomic mass is 16.5. The molecule has 5 heteroatoms. The van der Waals surface area contributed by atoms with Gasteiger partial charge in [-0.15, -0.1) is 0 Å². The molecular formula is C15H23NO4. The average Bonchev–Trinajstić information content (AvgIpc) is 2.92. The summed E-state index contributed by atoms with van der Waals surface area (Å²) in [5.41, 5.74) is -0.217. The first kappa shape index (κ1) is 15.2. The molecule has 2 aliphatic rings. The number of Topliss-reactive ketones (excluding diaryl/α,β-unsaturated/α-hetero) is 1. The Morgan fingerprint density at radius 1 is 1.20 bits per heavy atom. The fraction of sp³-hybridized carbons (Fsp3) is 0.733. The average molecular weight is 281 g/mol. The Kier molecular flexibility index (Phi) is 4.30. The van der Waals surface area contributed by atoms with Gasteiger partial charge in [0.2, 0.25) is 5.91 Å². The Morgan fingerprint density at radius 2 is 1.80 bits per heavy atom. The van der Waals surface area contributed by atoms with E-state index >= 15 is 0 Å². The largest absolute Gasteiger partial charge is 0.374 e. The Bertz CT molecular complexity index is 424. The maximum atomic E-state index is 12.2. The molecule has 5 nitrogen and oxygen atoms in total. The highest BCUT2D eigenvalue weighted by molar-refractivity contribution is 5.90. The molecule has 112 valence electrons. The zero-order chi connectivity index (χ0) is 14.9. The lowest BCUT2D eigenvalue weighted by Gasteiger charge is -2.23. The molecule has 2 bridgehead atoms. The highest BCUT2D eigenvalue weighted by Crippen LogP contribution is 2.39. The zero-order valence-corrected chi connectivity index (χ0v) is 12.5. The van der Waals surface area contributed by atoms with Crippen molar-refractivity contribution in [3.05, 3.63) is 12.2 Å². The van der Waals surface area contributed by atoms with Crippen LogP contribution in [0.15, 0.2) is 12.2 Å². The maximum absolute atomic E-state index is 12.2. The summed E-state index contributed by atoms with van der Waals surface area (Å²) >= 11 is 0. The van der Waals surface area contributed by atoms with E-state index in [-0.39, 0.29) is 35.4 Å². The summed E-state index contributed by atoms with van der Waals surface area (Å²) < 4.78 is 11.2. The van der Waals surface area contributed by atoms with Crippen LogP contribution in [0.5, 0.6) is 0 Å². The predicted molar refractivity (Wildman–Crippen MR) is 74.2 cm³/mol. The van der Waals surface area contributed by atoms with Crippen molar-refractivity contribution < 1.29 is 19.1 Å². The van der Waals surface area contributed by atoms with Gasteiger partial charge in [0.05, 0.1) is 36.3 Å². The van der Waals surface area contributed by atoms with Gasteiger partial charge in [0.25, 0.3) is 0 Å². The summed E-state index contributed by atoms with van der Waals surface area (Å²) in [5.74, 6) is -0.877. The van der Waals surface area contributed by atoms with Crippen LogP contribution in [0.2, 0.25) is 0 Å². The van der Waals surface area contributed by atoms with E-state index in [9.17, 15) is 9.59 Å². The number of carbonyl (C=O) groups is 2. The molecule has 0 aromatic heterocycles. The number of hydrogen-bond donors (Lipinski definition) is 1. The van der Waals surface area contributed by atoms with E-state index in [1.54, 1.807) is 0 Å². The van der Waals surface area contributed by atoms with Crippen LogP contribution in [0.4, 0.5) is 0 Å². The minimum atomic E-state index is -0.405. The van der Waals surface area contributed by atoms with Crippen LogP contribution in [0, 0.1) is 11.8 Å². The zero-order valence-electron chi connectivity index (χ0n) is 12.5. The van der Waals surface area contributed by atoms with Crippen molar-refractivity contribution >= 4 is 11.7 Å². The molecule has 2 aliphatic heterocycles. The standard InChI is InChI=1S/C15H23NO4/c1-9(17)12-10-5-6-11(20-10)13(12)14(18)16-7-8-19-15(2,3)4/h5-6,10-13H,7-8H2,1-4H3,(H,16,18)/t10?,11?,12-,13+/m1/s1. The normalized spacial score (nSPS) is 31.6. The second kappa shape index (κ2) is 5.66. The molecule has 0 aromatic carbocycles. The monoisotopic (exact) mass is 281 g/mol. The Labute approximate surface area is 119 Å². The maximum Gasteiger partial charge on any atom is 0.227 e. The third-order valence-corrected chi connectivity index (χ3v) is 3.61. The van der Waals surface area contributed by atoms with Crippen molar-refractivity contribution in [2.24, 2.45) is 11.8 Å². The molecule has 0 radical (unpaired) electrons. The first-order chi connectivity index (χ1) is 9.29. The van der Waals surface area contributed by atoms with E-state index < -0.39 is 5.92 Å². The molecule has 2 rings (SSSR count). The molecule has 4 atom stereocenters. The first-order valence-electron chi connectivity index (χ1n) is 7.05. The second-order valence-corrected chi connectivity index (χ2v) is 6.36. The molecule has 0 aliphatic carbocycles. The summed E-state index contributed by atoms with van der Waals surface area (Å²) in [4.78, 5) is 23.9. The first-order valence-corrected chi connectivity index (χ1v) is 7.05. The van der Waals surface area contributed by atoms with Crippen LogP contribution in [0.3, 0.4) is 0 Å². The third kappa shape index (κ3) is 3.27. The molecule has 0 spiro atoms. The predicted octanol–water partition coefficient (Wildman–Crippen LogP) is 1.08. The summed E-state index contributed by atoms with van der Waals surface area (Å²) in [5, 5.41) is 2.84. The van der Waals surface area contributed by atoms with Crippen LogP contribution >= 0.6 is 0 Å². The molecule has 0 aromatic rings. The number of amides is 1. The number of carbonyl (C=O) groups excluding carboxylic acids is 2. The van der Waals surface area contributed by atoms with Crippen molar-refractivity contribution in [3.63, 3.8) is 0 Å². The van der Waals surface area contributed by atoms with Crippen LogP contribution in [0.25, 0.3) is 0 Å². The topological polar surface area (TPSA) is 64.6 Å². The number of ether oxygens (including phenoxy) is 2. The minimum Gasteiger partial charge on any atom is -0.374 e. The molecule has 20 heavy (non-hydrogen) atoms. The Morgan fingerprint density at radius 3 is 2.35 bits per heavy atom. The lowest BCUT2D eigenvalue weighted by atomic mass is 9.80. The van der Waals surface area contributed by atoms with Gasteiger partial charge in [-0.25, -0.2) is 0 Å². The highest BCUT2D eigenvalue weighted by Gasteiger charge is 2.51. The summed E-state index contributed by atoms with van der Waals surface area (Å²) in [6.07, 6.45) is 3.25. The van der Waals surface area contributed by atoms with E-state index in [1.165, 1.54) is 6.92 Å². The molecule has 2 unspecified atom stereocenters. The summed E-state index contributed by atoms with van der Waals surface area (Å²) in [7, 11) is 0. The lowest BCUT2D eigenvalue weighted by Crippen LogP contribution is -2.43. The van der Waals surface area contributed by atoms with Gasteiger partial charge in [0.1, 0.15) is 5.78 Å². The van der Waals surface area contributed by atoms with Gasteiger partial charge in [0.15, 0.2) is 0 Å². The Balaban J connectivity index is 1.86. The number of rotatable bonds is 5. The fourth-order valence-corrected chi connectivity index (χ4v) is 2.75. The quantitative estimate of drug-likeness (QED) is 0.605. The van der Waals surface area contributed by atoms with Crippen molar-refractivity contribution in [2.45, 2.75) is 45.5 Å². The van der Waals surface area contributed by atoms with E-state index in [1.807, 2.05) is 32.9 Å². The summed E-state index contributed by atoms with van der Waals surface area (Å²) in [6.45, 7) is 8.32. The van der Waals surface area contributed by atoms with Gasteiger partial charge >= 0.3 is 0 Å². The molecule has 1 N–H and O–H groups in total. The summed E-state index contributed by atoms with van der Waals surface area (Å²) in [6, 6.07) is 0. The van der Waals surface area contributed by atoms with Gasteiger partial charge in [-0.05, 0) is 27.7 Å². The van der Waals surface area contributed by atoms with Crippen molar-refractivity contribution in [1.29, 1.82) is 0 Å².